The molecule has 0 fully saturated rings. The Bertz CT molecular complexity index is 519. The SMILES string of the molecule is O=C(O)[C@H](O)[C@@H](O)C(=O)O.c1ccc2[nH]ncc2c1. The molecule has 0 aliphatic carbocycles. The van der Waals surface area contributed by atoms with Gasteiger partial charge in [-0.1, -0.05) is 18.2 Å². The van der Waals surface area contributed by atoms with E-state index < -0.39 is 24.1 Å². The van der Waals surface area contributed by atoms with Gasteiger partial charge in [0, 0.05) is 5.39 Å². The van der Waals surface area contributed by atoms with Crippen molar-refractivity contribution in [1.29, 1.82) is 0 Å². The van der Waals surface area contributed by atoms with Crippen LogP contribution in [0.1, 0.15) is 0 Å². The molecule has 2 atom stereocenters. The molecular formula is C11H12N2O6. The Hall–Kier alpha value is -2.45. The summed E-state index contributed by atoms with van der Waals surface area (Å²) in [7, 11) is 0. The molecule has 0 aliphatic rings. The van der Waals surface area contributed by atoms with E-state index >= 15 is 0 Å². The van der Waals surface area contributed by atoms with Crippen molar-refractivity contribution in [2.24, 2.45) is 0 Å². The van der Waals surface area contributed by atoms with Crippen LogP contribution < -0.4 is 0 Å². The van der Waals surface area contributed by atoms with Crippen molar-refractivity contribution in [3.05, 3.63) is 30.5 Å². The molecular weight excluding hydrogens is 256 g/mol. The lowest BCUT2D eigenvalue weighted by Gasteiger charge is -2.07. The van der Waals surface area contributed by atoms with Gasteiger partial charge in [0.15, 0.2) is 12.2 Å². The number of aliphatic hydroxyl groups is 2. The largest absolute Gasteiger partial charge is 0.479 e. The van der Waals surface area contributed by atoms with Crippen LogP contribution in [0.15, 0.2) is 30.5 Å². The van der Waals surface area contributed by atoms with Gasteiger partial charge in [-0.15, -0.1) is 0 Å². The van der Waals surface area contributed by atoms with Crippen LogP contribution in [0.5, 0.6) is 0 Å². The number of H-pyrrole nitrogens is 1. The molecule has 0 saturated heterocycles. The Morgan fingerprint density at radius 3 is 2.05 bits per heavy atom. The number of hydrogen-bond donors (Lipinski definition) is 5. The number of aliphatic carboxylic acids is 2. The standard InChI is InChI=1S/C7H6N2.C4H6O6/c1-2-4-7-6(3-1)5-8-9-7;5-1(3(7)8)2(6)4(9)10/h1-5H,(H,8,9);1-2,5-6H,(H,7,8)(H,9,10)/t;1-,2-/m.1/s1. The van der Waals surface area contributed by atoms with Crippen LogP contribution in [0.3, 0.4) is 0 Å². The fourth-order valence-electron chi connectivity index (χ4n) is 1.15. The van der Waals surface area contributed by atoms with Crippen molar-refractivity contribution >= 4 is 22.8 Å². The van der Waals surface area contributed by atoms with Crippen LogP contribution in [0.2, 0.25) is 0 Å². The molecule has 2 aromatic rings. The van der Waals surface area contributed by atoms with Crippen molar-refractivity contribution < 1.29 is 30.0 Å². The number of rotatable bonds is 3. The number of benzene rings is 1. The Morgan fingerprint density at radius 1 is 1.05 bits per heavy atom. The first-order chi connectivity index (χ1) is 8.93. The third kappa shape index (κ3) is 4.05. The summed E-state index contributed by atoms with van der Waals surface area (Å²) in [6.45, 7) is 0. The highest BCUT2D eigenvalue weighted by Crippen LogP contribution is 2.06. The van der Waals surface area contributed by atoms with Gasteiger partial charge in [-0.3, -0.25) is 5.10 Å². The van der Waals surface area contributed by atoms with E-state index in [0.29, 0.717) is 0 Å². The predicted octanol–water partition coefficient (Wildman–Crippen LogP) is -0.560. The fraction of sp³-hybridized carbons (Fsp3) is 0.182. The first-order valence-corrected chi connectivity index (χ1v) is 5.13. The number of carboxylic acids is 2. The lowest BCUT2D eigenvalue weighted by Crippen LogP contribution is -2.39. The van der Waals surface area contributed by atoms with Crippen LogP contribution in [-0.4, -0.2) is 54.8 Å². The molecule has 5 N–H and O–H groups in total. The number of aromatic nitrogens is 2. The lowest BCUT2D eigenvalue weighted by atomic mass is 10.2. The summed E-state index contributed by atoms with van der Waals surface area (Å²) in [6, 6.07) is 8.01. The molecule has 0 unspecified atom stereocenters. The third-order valence-corrected chi connectivity index (χ3v) is 2.15. The molecule has 1 heterocycles. The Morgan fingerprint density at radius 2 is 1.58 bits per heavy atom. The van der Waals surface area contributed by atoms with Crippen LogP contribution in [-0.2, 0) is 9.59 Å². The Kier molecular flexibility index (Phi) is 4.98. The van der Waals surface area contributed by atoms with E-state index in [2.05, 4.69) is 10.2 Å². The monoisotopic (exact) mass is 268 g/mol. The zero-order valence-electron chi connectivity index (χ0n) is 9.59. The van der Waals surface area contributed by atoms with Crippen molar-refractivity contribution in [2.45, 2.75) is 12.2 Å². The predicted molar refractivity (Wildman–Crippen MR) is 63.4 cm³/mol. The van der Waals surface area contributed by atoms with E-state index in [0.717, 1.165) is 10.9 Å². The molecule has 1 aromatic heterocycles. The molecule has 102 valence electrons. The number of hydrogen-bond acceptors (Lipinski definition) is 5. The van der Waals surface area contributed by atoms with Gasteiger partial charge in [0.25, 0.3) is 0 Å². The maximum atomic E-state index is 9.77. The van der Waals surface area contributed by atoms with Crippen LogP contribution in [0, 0.1) is 0 Å². The minimum Gasteiger partial charge on any atom is -0.479 e. The third-order valence-electron chi connectivity index (χ3n) is 2.15. The summed E-state index contributed by atoms with van der Waals surface area (Å²) in [5, 5.41) is 40.4. The number of para-hydroxylation sites is 1. The fourth-order valence-corrected chi connectivity index (χ4v) is 1.15. The molecule has 0 spiro atoms. The number of carbonyl (C=O) groups is 2. The summed E-state index contributed by atoms with van der Waals surface area (Å²) in [4.78, 5) is 19.5. The Labute approximate surface area is 106 Å². The first-order valence-electron chi connectivity index (χ1n) is 5.13. The first kappa shape index (κ1) is 14.6. The topological polar surface area (TPSA) is 144 Å². The second kappa shape index (κ2) is 6.47. The summed E-state index contributed by atoms with van der Waals surface area (Å²) in [5.41, 5.74) is 1.09. The van der Waals surface area contributed by atoms with Gasteiger partial charge in [0.2, 0.25) is 0 Å². The van der Waals surface area contributed by atoms with Gasteiger partial charge in [-0.2, -0.15) is 5.10 Å². The van der Waals surface area contributed by atoms with Gasteiger partial charge < -0.3 is 20.4 Å². The minimum absolute atomic E-state index is 1.09. The maximum absolute atomic E-state index is 9.77. The highest BCUT2D eigenvalue weighted by atomic mass is 16.4. The maximum Gasteiger partial charge on any atom is 0.335 e. The number of fused-ring (bicyclic) bond motifs is 1. The van der Waals surface area contributed by atoms with E-state index in [-0.39, 0.29) is 0 Å². The number of aliphatic hydroxyl groups excluding tert-OH is 2. The van der Waals surface area contributed by atoms with E-state index in [4.69, 9.17) is 20.4 Å². The average Bonchev–Trinajstić information content (AvgIpc) is 2.85. The number of carboxylic acid groups (broad SMARTS) is 2. The molecule has 2 rings (SSSR count). The molecule has 19 heavy (non-hydrogen) atoms. The second-order valence-electron chi connectivity index (χ2n) is 3.52. The summed E-state index contributed by atoms with van der Waals surface area (Å²) in [5.74, 6) is -3.54. The van der Waals surface area contributed by atoms with Crippen LogP contribution in [0.4, 0.5) is 0 Å². The molecule has 0 saturated carbocycles. The molecule has 0 radical (unpaired) electrons. The van der Waals surface area contributed by atoms with Crippen molar-refractivity contribution in [1.82, 2.24) is 10.2 Å². The van der Waals surface area contributed by atoms with E-state index in [1.165, 1.54) is 0 Å². The van der Waals surface area contributed by atoms with Crippen molar-refractivity contribution in [3.8, 4) is 0 Å². The molecule has 0 aliphatic heterocycles. The normalized spacial score (nSPS) is 13.2. The zero-order chi connectivity index (χ0) is 14.4. The summed E-state index contributed by atoms with van der Waals surface area (Å²) >= 11 is 0. The van der Waals surface area contributed by atoms with Gasteiger partial charge >= 0.3 is 11.9 Å². The van der Waals surface area contributed by atoms with Gasteiger partial charge in [0.05, 0.1) is 11.7 Å². The molecule has 0 amide bonds. The molecule has 1 aromatic carbocycles. The van der Waals surface area contributed by atoms with Gasteiger partial charge in [-0.25, -0.2) is 9.59 Å². The highest BCUT2D eigenvalue weighted by Gasteiger charge is 2.29. The summed E-state index contributed by atoms with van der Waals surface area (Å²) in [6.07, 6.45) is -2.72. The lowest BCUT2D eigenvalue weighted by molar-refractivity contribution is -0.165. The second-order valence-corrected chi connectivity index (χ2v) is 3.52. The molecule has 0 bridgehead atoms. The van der Waals surface area contributed by atoms with E-state index in [1.54, 1.807) is 0 Å². The zero-order valence-corrected chi connectivity index (χ0v) is 9.59. The minimum atomic E-state index is -2.27. The number of nitrogens with zero attached hydrogens (tertiary/aromatic N) is 1. The van der Waals surface area contributed by atoms with Crippen molar-refractivity contribution in [2.75, 3.05) is 0 Å². The van der Waals surface area contributed by atoms with E-state index in [1.807, 2.05) is 30.5 Å². The highest BCUT2D eigenvalue weighted by molar-refractivity contribution is 5.83. The summed E-state index contributed by atoms with van der Waals surface area (Å²) < 4.78 is 0. The van der Waals surface area contributed by atoms with Crippen LogP contribution >= 0.6 is 0 Å². The van der Waals surface area contributed by atoms with Gasteiger partial charge in [-0.05, 0) is 6.07 Å². The quantitative estimate of drug-likeness (QED) is 0.501. The number of aromatic amines is 1. The Balaban J connectivity index is 0.000000190. The van der Waals surface area contributed by atoms with Crippen LogP contribution in [0.25, 0.3) is 10.9 Å². The van der Waals surface area contributed by atoms with Crippen molar-refractivity contribution in [3.63, 3.8) is 0 Å². The van der Waals surface area contributed by atoms with Gasteiger partial charge in [0.1, 0.15) is 0 Å². The number of nitrogens with one attached hydrogen (secondary N) is 1. The molecule has 8 nitrogen and oxygen atoms in total. The van der Waals surface area contributed by atoms with E-state index in [9.17, 15) is 9.59 Å². The molecule has 8 heteroatoms. The average molecular weight is 268 g/mol. The smallest absolute Gasteiger partial charge is 0.335 e.